The number of hydrogen-bond donors (Lipinski definition) is 2. The van der Waals surface area contributed by atoms with Crippen molar-refractivity contribution >= 4 is 0 Å². The molecule has 1 unspecified atom stereocenters. The average Bonchev–Trinajstić information content (AvgIpc) is 2.69. The lowest BCUT2D eigenvalue weighted by atomic mass is 10.1. The fraction of sp³-hybridized carbons (Fsp3) is 0.727. The van der Waals surface area contributed by atoms with E-state index in [-0.39, 0.29) is 0 Å². The summed E-state index contributed by atoms with van der Waals surface area (Å²) in [7, 11) is 0. The molecule has 0 amide bonds. The number of rotatable bonds is 7. The first-order chi connectivity index (χ1) is 6.86. The molecule has 80 valence electrons. The number of aromatic nitrogens is 2. The fourth-order valence-electron chi connectivity index (χ4n) is 1.63. The zero-order valence-electron chi connectivity index (χ0n) is 9.21. The van der Waals surface area contributed by atoms with Crippen LogP contribution in [0.25, 0.3) is 0 Å². The molecule has 3 heteroatoms. The minimum atomic E-state index is 0.683. The molecular formula is C11H21N3. The highest BCUT2D eigenvalue weighted by molar-refractivity contribution is 4.94. The Kier molecular flexibility index (Phi) is 5.30. The van der Waals surface area contributed by atoms with Crippen molar-refractivity contribution in [1.82, 2.24) is 15.3 Å². The Balaban J connectivity index is 2.13. The van der Waals surface area contributed by atoms with Crippen LogP contribution in [0.15, 0.2) is 12.5 Å². The van der Waals surface area contributed by atoms with E-state index in [2.05, 4.69) is 29.1 Å². The van der Waals surface area contributed by atoms with E-state index in [9.17, 15) is 0 Å². The highest BCUT2D eigenvalue weighted by Gasteiger charge is 2.03. The molecule has 0 spiro atoms. The number of nitrogens with zero attached hydrogens (tertiary/aromatic N) is 1. The van der Waals surface area contributed by atoms with Crippen molar-refractivity contribution in [3.63, 3.8) is 0 Å². The van der Waals surface area contributed by atoms with E-state index in [1.54, 1.807) is 6.33 Å². The van der Waals surface area contributed by atoms with Gasteiger partial charge < -0.3 is 10.3 Å². The highest BCUT2D eigenvalue weighted by Crippen LogP contribution is 2.01. The Labute approximate surface area is 86.3 Å². The molecule has 1 atom stereocenters. The van der Waals surface area contributed by atoms with Gasteiger partial charge in [0.2, 0.25) is 0 Å². The summed E-state index contributed by atoms with van der Waals surface area (Å²) in [6, 6.07) is 0.683. The van der Waals surface area contributed by atoms with Gasteiger partial charge in [0.05, 0.1) is 6.33 Å². The molecule has 0 aliphatic rings. The van der Waals surface area contributed by atoms with Crippen LogP contribution in [0.2, 0.25) is 0 Å². The topological polar surface area (TPSA) is 40.7 Å². The number of nitrogens with one attached hydrogen (secondary N) is 2. The van der Waals surface area contributed by atoms with Crippen LogP contribution in [-0.4, -0.2) is 22.6 Å². The number of H-pyrrole nitrogens is 1. The van der Waals surface area contributed by atoms with Crippen LogP contribution < -0.4 is 5.32 Å². The first-order valence-corrected chi connectivity index (χ1v) is 5.57. The Morgan fingerprint density at radius 1 is 1.50 bits per heavy atom. The lowest BCUT2D eigenvalue weighted by Crippen LogP contribution is -2.30. The number of aromatic amines is 1. The molecule has 0 saturated carbocycles. The SMILES string of the molecule is CCCC(CC)NCCc1cnc[nH]1. The molecule has 0 aliphatic carbocycles. The van der Waals surface area contributed by atoms with E-state index in [4.69, 9.17) is 0 Å². The van der Waals surface area contributed by atoms with Crippen molar-refractivity contribution in [3.05, 3.63) is 18.2 Å². The van der Waals surface area contributed by atoms with Crippen molar-refractivity contribution in [3.8, 4) is 0 Å². The van der Waals surface area contributed by atoms with Gasteiger partial charge >= 0.3 is 0 Å². The van der Waals surface area contributed by atoms with E-state index >= 15 is 0 Å². The predicted octanol–water partition coefficient (Wildman–Crippen LogP) is 2.12. The van der Waals surface area contributed by atoms with Crippen molar-refractivity contribution < 1.29 is 0 Å². The van der Waals surface area contributed by atoms with Gasteiger partial charge in [-0.05, 0) is 12.8 Å². The van der Waals surface area contributed by atoms with Crippen molar-refractivity contribution in [1.29, 1.82) is 0 Å². The van der Waals surface area contributed by atoms with Gasteiger partial charge in [0, 0.05) is 30.9 Å². The normalized spacial score (nSPS) is 13.0. The van der Waals surface area contributed by atoms with Gasteiger partial charge in [0.25, 0.3) is 0 Å². The van der Waals surface area contributed by atoms with Gasteiger partial charge in [-0.25, -0.2) is 4.98 Å². The highest BCUT2D eigenvalue weighted by atomic mass is 14.9. The fourth-order valence-corrected chi connectivity index (χ4v) is 1.63. The van der Waals surface area contributed by atoms with E-state index < -0.39 is 0 Å². The summed E-state index contributed by atoms with van der Waals surface area (Å²) in [5.41, 5.74) is 1.21. The summed E-state index contributed by atoms with van der Waals surface area (Å²) in [5.74, 6) is 0. The van der Waals surface area contributed by atoms with E-state index in [0.717, 1.165) is 13.0 Å². The zero-order valence-corrected chi connectivity index (χ0v) is 9.21. The molecule has 2 N–H and O–H groups in total. The molecule has 0 aliphatic heterocycles. The Morgan fingerprint density at radius 3 is 2.93 bits per heavy atom. The molecule has 3 nitrogen and oxygen atoms in total. The van der Waals surface area contributed by atoms with Gasteiger partial charge in [0.1, 0.15) is 0 Å². The van der Waals surface area contributed by atoms with Crippen LogP contribution in [0.3, 0.4) is 0 Å². The Hall–Kier alpha value is -0.830. The largest absolute Gasteiger partial charge is 0.348 e. The molecule has 0 radical (unpaired) electrons. The third-order valence-corrected chi connectivity index (χ3v) is 2.51. The van der Waals surface area contributed by atoms with Crippen LogP contribution in [-0.2, 0) is 6.42 Å². The Bertz CT molecular complexity index is 218. The molecule has 1 aromatic rings. The maximum Gasteiger partial charge on any atom is 0.0921 e. The van der Waals surface area contributed by atoms with E-state index in [1.807, 2.05) is 6.20 Å². The molecule has 1 aromatic heterocycles. The van der Waals surface area contributed by atoms with Crippen LogP contribution >= 0.6 is 0 Å². The summed E-state index contributed by atoms with van der Waals surface area (Å²) in [6.07, 6.45) is 8.42. The van der Waals surface area contributed by atoms with Gasteiger partial charge in [-0.3, -0.25) is 0 Å². The van der Waals surface area contributed by atoms with Crippen LogP contribution in [0.5, 0.6) is 0 Å². The predicted molar refractivity (Wildman–Crippen MR) is 59.3 cm³/mol. The third kappa shape index (κ3) is 3.92. The standard InChI is InChI=1S/C11H21N3/c1-3-5-10(4-2)13-7-6-11-8-12-9-14-11/h8-10,13H,3-7H2,1-2H3,(H,12,14). The van der Waals surface area contributed by atoms with Gasteiger partial charge in [0.15, 0.2) is 0 Å². The van der Waals surface area contributed by atoms with Gasteiger partial charge in [-0.2, -0.15) is 0 Å². The third-order valence-electron chi connectivity index (χ3n) is 2.51. The smallest absolute Gasteiger partial charge is 0.0921 e. The molecule has 0 aromatic carbocycles. The Morgan fingerprint density at radius 2 is 2.36 bits per heavy atom. The number of hydrogen-bond acceptors (Lipinski definition) is 2. The molecule has 0 bridgehead atoms. The molecule has 1 rings (SSSR count). The van der Waals surface area contributed by atoms with Crippen molar-refractivity contribution in [2.45, 2.75) is 45.6 Å². The monoisotopic (exact) mass is 195 g/mol. The molecule has 1 heterocycles. The molecular weight excluding hydrogens is 174 g/mol. The maximum atomic E-state index is 3.99. The molecule has 14 heavy (non-hydrogen) atoms. The van der Waals surface area contributed by atoms with Gasteiger partial charge in [-0.15, -0.1) is 0 Å². The first-order valence-electron chi connectivity index (χ1n) is 5.57. The second-order valence-electron chi connectivity index (χ2n) is 3.67. The maximum absolute atomic E-state index is 3.99. The van der Waals surface area contributed by atoms with Crippen LogP contribution in [0.1, 0.15) is 38.8 Å². The van der Waals surface area contributed by atoms with Crippen LogP contribution in [0.4, 0.5) is 0 Å². The minimum Gasteiger partial charge on any atom is -0.348 e. The zero-order chi connectivity index (χ0) is 10.2. The van der Waals surface area contributed by atoms with E-state index in [1.165, 1.54) is 25.0 Å². The summed E-state index contributed by atoms with van der Waals surface area (Å²) < 4.78 is 0. The summed E-state index contributed by atoms with van der Waals surface area (Å²) in [4.78, 5) is 7.10. The second-order valence-corrected chi connectivity index (χ2v) is 3.67. The summed E-state index contributed by atoms with van der Waals surface area (Å²) in [5, 5.41) is 3.56. The van der Waals surface area contributed by atoms with E-state index in [0.29, 0.717) is 6.04 Å². The van der Waals surface area contributed by atoms with Crippen molar-refractivity contribution in [2.75, 3.05) is 6.54 Å². The van der Waals surface area contributed by atoms with Crippen molar-refractivity contribution in [2.24, 2.45) is 0 Å². The summed E-state index contributed by atoms with van der Waals surface area (Å²) >= 11 is 0. The average molecular weight is 195 g/mol. The lowest BCUT2D eigenvalue weighted by Gasteiger charge is -2.15. The summed E-state index contributed by atoms with van der Waals surface area (Å²) in [6.45, 7) is 5.52. The molecule has 0 saturated heterocycles. The number of imidazole rings is 1. The van der Waals surface area contributed by atoms with Gasteiger partial charge in [-0.1, -0.05) is 20.3 Å². The quantitative estimate of drug-likeness (QED) is 0.699. The second kappa shape index (κ2) is 6.60. The van der Waals surface area contributed by atoms with Crippen LogP contribution in [0, 0.1) is 0 Å². The minimum absolute atomic E-state index is 0.683. The first kappa shape index (κ1) is 11.2. The lowest BCUT2D eigenvalue weighted by molar-refractivity contribution is 0.465. The molecule has 0 fully saturated rings.